The number of halogens is 3. The first-order valence-corrected chi connectivity index (χ1v) is 9.76. The van der Waals surface area contributed by atoms with E-state index in [-0.39, 0.29) is 23.5 Å². The summed E-state index contributed by atoms with van der Waals surface area (Å²) in [5.41, 5.74) is 0.0180. The number of sulfonamides is 1. The lowest BCUT2D eigenvalue weighted by Gasteiger charge is -2.18. The maximum Gasteiger partial charge on any atom is 0.418 e. The largest absolute Gasteiger partial charge is 0.418 e. The maximum atomic E-state index is 13.2. The molecule has 0 radical (unpaired) electrons. The van der Waals surface area contributed by atoms with Crippen LogP contribution < -0.4 is 9.62 Å². The Labute approximate surface area is 155 Å². The van der Waals surface area contributed by atoms with Crippen molar-refractivity contribution in [2.75, 3.05) is 21.9 Å². The van der Waals surface area contributed by atoms with Crippen molar-refractivity contribution >= 4 is 21.4 Å². The van der Waals surface area contributed by atoms with Crippen LogP contribution >= 0.6 is 0 Å². The van der Waals surface area contributed by atoms with Crippen LogP contribution in [-0.2, 0) is 22.7 Å². The van der Waals surface area contributed by atoms with E-state index in [0.717, 1.165) is 6.07 Å². The van der Waals surface area contributed by atoms with Crippen molar-refractivity contribution in [2.24, 2.45) is 0 Å². The fourth-order valence-corrected chi connectivity index (χ4v) is 4.51. The predicted molar refractivity (Wildman–Crippen MR) is 95.7 cm³/mol. The molecule has 9 heteroatoms. The van der Waals surface area contributed by atoms with E-state index in [0.29, 0.717) is 24.2 Å². The molecule has 0 atom stereocenters. The van der Waals surface area contributed by atoms with E-state index < -0.39 is 21.8 Å². The number of benzene rings is 2. The van der Waals surface area contributed by atoms with Crippen LogP contribution in [0.2, 0.25) is 0 Å². The van der Waals surface area contributed by atoms with Crippen LogP contribution in [0, 0.1) is 11.3 Å². The molecule has 0 bridgehead atoms. The average molecular weight is 395 g/mol. The minimum absolute atomic E-state index is 0.0749. The van der Waals surface area contributed by atoms with Crippen molar-refractivity contribution in [3.63, 3.8) is 0 Å². The molecule has 1 heterocycles. The van der Waals surface area contributed by atoms with E-state index >= 15 is 0 Å². The highest BCUT2D eigenvalue weighted by molar-refractivity contribution is 7.93. The molecule has 1 fully saturated rings. The van der Waals surface area contributed by atoms with Crippen LogP contribution in [0.1, 0.15) is 23.1 Å². The van der Waals surface area contributed by atoms with Crippen LogP contribution in [0.5, 0.6) is 0 Å². The van der Waals surface area contributed by atoms with Crippen molar-refractivity contribution in [3.05, 3.63) is 59.2 Å². The number of hydrogen-bond donors (Lipinski definition) is 1. The second-order valence-electron chi connectivity index (χ2n) is 6.14. The Hall–Kier alpha value is -2.73. The van der Waals surface area contributed by atoms with Crippen LogP contribution in [0.3, 0.4) is 0 Å². The van der Waals surface area contributed by atoms with Gasteiger partial charge in [0.25, 0.3) is 0 Å². The van der Waals surface area contributed by atoms with E-state index in [1.807, 2.05) is 0 Å². The molecule has 5 nitrogen and oxygen atoms in total. The van der Waals surface area contributed by atoms with Gasteiger partial charge in [-0.1, -0.05) is 12.1 Å². The first kappa shape index (κ1) is 19.0. The Kier molecular flexibility index (Phi) is 5.02. The minimum Gasteiger partial charge on any atom is -0.380 e. The Morgan fingerprint density at radius 3 is 2.59 bits per heavy atom. The summed E-state index contributed by atoms with van der Waals surface area (Å²) in [7, 11) is -3.32. The predicted octanol–water partition coefficient (Wildman–Crippen LogP) is 3.73. The summed E-state index contributed by atoms with van der Waals surface area (Å²) < 4.78 is 65.0. The Bertz CT molecular complexity index is 998. The van der Waals surface area contributed by atoms with Gasteiger partial charge in [-0.2, -0.15) is 18.4 Å². The van der Waals surface area contributed by atoms with Crippen molar-refractivity contribution < 1.29 is 21.6 Å². The van der Waals surface area contributed by atoms with Gasteiger partial charge in [-0.05, 0) is 42.3 Å². The lowest BCUT2D eigenvalue weighted by molar-refractivity contribution is -0.137. The summed E-state index contributed by atoms with van der Waals surface area (Å²) in [6, 6.07) is 11.7. The van der Waals surface area contributed by atoms with Gasteiger partial charge >= 0.3 is 6.18 Å². The number of nitrogens with zero attached hydrogens (tertiary/aromatic N) is 2. The smallest absolute Gasteiger partial charge is 0.380 e. The highest BCUT2D eigenvalue weighted by atomic mass is 32.2. The number of rotatable bonds is 4. The third-order valence-electron chi connectivity index (χ3n) is 4.23. The standard InChI is InChI=1S/C18H16F3N3O2S/c19-18(20,21)16-10-13(11-22)5-6-17(16)23-12-14-3-1-4-15(9-14)24-7-2-8-27(24,25)26/h1,3-6,9-10,23H,2,7-8,12H2. The molecule has 0 unspecified atom stereocenters. The zero-order chi connectivity index (χ0) is 19.7. The van der Waals surface area contributed by atoms with Crippen LogP contribution in [0.25, 0.3) is 0 Å². The summed E-state index contributed by atoms with van der Waals surface area (Å²) in [6.45, 7) is 0.476. The minimum atomic E-state index is -4.60. The molecule has 2 aromatic carbocycles. The molecule has 0 amide bonds. The molecule has 0 saturated carbocycles. The zero-order valence-corrected chi connectivity index (χ0v) is 14.9. The molecular weight excluding hydrogens is 379 g/mol. The van der Waals surface area contributed by atoms with Gasteiger partial charge in [0.2, 0.25) is 10.0 Å². The first-order valence-electron chi connectivity index (χ1n) is 8.15. The number of nitrogens with one attached hydrogen (secondary N) is 1. The summed E-state index contributed by atoms with van der Waals surface area (Å²) in [6.07, 6.45) is -4.05. The number of alkyl halides is 3. The number of nitriles is 1. The molecule has 1 N–H and O–H groups in total. The SMILES string of the molecule is N#Cc1ccc(NCc2cccc(N3CCCS3(=O)=O)c2)c(C(F)(F)F)c1. The fraction of sp³-hybridized carbons (Fsp3) is 0.278. The van der Waals surface area contributed by atoms with E-state index in [1.54, 1.807) is 30.3 Å². The quantitative estimate of drug-likeness (QED) is 0.856. The van der Waals surface area contributed by atoms with Crippen molar-refractivity contribution in [3.8, 4) is 6.07 Å². The van der Waals surface area contributed by atoms with Gasteiger partial charge in [-0.3, -0.25) is 4.31 Å². The molecule has 3 rings (SSSR count). The van der Waals surface area contributed by atoms with Crippen molar-refractivity contribution in [2.45, 2.75) is 19.1 Å². The van der Waals surface area contributed by atoms with E-state index in [1.165, 1.54) is 16.4 Å². The molecule has 2 aromatic rings. The molecule has 0 aromatic heterocycles. The second-order valence-corrected chi connectivity index (χ2v) is 8.15. The molecule has 142 valence electrons. The second kappa shape index (κ2) is 7.12. The van der Waals surface area contributed by atoms with E-state index in [4.69, 9.17) is 5.26 Å². The molecule has 0 spiro atoms. The van der Waals surface area contributed by atoms with Gasteiger partial charge in [0.1, 0.15) is 0 Å². The number of anilines is 2. The Balaban J connectivity index is 1.82. The third kappa shape index (κ3) is 4.17. The van der Waals surface area contributed by atoms with E-state index in [2.05, 4.69) is 5.32 Å². The van der Waals surface area contributed by atoms with Crippen LogP contribution in [-0.4, -0.2) is 20.7 Å². The molecular formula is C18H16F3N3O2S. The van der Waals surface area contributed by atoms with Gasteiger partial charge in [0.15, 0.2) is 0 Å². The number of hydrogen-bond acceptors (Lipinski definition) is 4. The van der Waals surface area contributed by atoms with Gasteiger partial charge < -0.3 is 5.32 Å². The monoisotopic (exact) mass is 395 g/mol. The fourth-order valence-electron chi connectivity index (χ4n) is 2.95. The van der Waals surface area contributed by atoms with Crippen LogP contribution in [0.4, 0.5) is 24.5 Å². The average Bonchev–Trinajstić information content (AvgIpc) is 2.98. The lowest BCUT2D eigenvalue weighted by Crippen LogP contribution is -2.25. The van der Waals surface area contributed by atoms with Gasteiger partial charge in [-0.25, -0.2) is 8.42 Å². The molecule has 27 heavy (non-hydrogen) atoms. The first-order chi connectivity index (χ1) is 12.7. The molecule has 1 saturated heterocycles. The summed E-state index contributed by atoms with van der Waals surface area (Å²) in [5, 5.41) is 11.5. The highest BCUT2D eigenvalue weighted by Gasteiger charge is 2.34. The normalized spacial score (nSPS) is 16.1. The highest BCUT2D eigenvalue weighted by Crippen LogP contribution is 2.35. The summed E-state index contributed by atoms with van der Waals surface area (Å²) >= 11 is 0. The van der Waals surface area contributed by atoms with Gasteiger partial charge in [0, 0.05) is 18.8 Å². The Morgan fingerprint density at radius 1 is 1.19 bits per heavy atom. The molecule has 1 aliphatic heterocycles. The van der Waals surface area contributed by atoms with Gasteiger partial charge in [-0.15, -0.1) is 0 Å². The van der Waals surface area contributed by atoms with Crippen molar-refractivity contribution in [1.29, 1.82) is 5.26 Å². The van der Waals surface area contributed by atoms with E-state index in [9.17, 15) is 21.6 Å². The topological polar surface area (TPSA) is 73.2 Å². The molecule has 1 aliphatic rings. The van der Waals surface area contributed by atoms with Crippen molar-refractivity contribution in [1.82, 2.24) is 0 Å². The third-order valence-corrected chi connectivity index (χ3v) is 6.10. The zero-order valence-electron chi connectivity index (χ0n) is 14.1. The lowest BCUT2D eigenvalue weighted by atomic mass is 10.1. The van der Waals surface area contributed by atoms with Crippen LogP contribution in [0.15, 0.2) is 42.5 Å². The Morgan fingerprint density at radius 2 is 1.96 bits per heavy atom. The maximum absolute atomic E-state index is 13.2. The summed E-state index contributed by atoms with van der Waals surface area (Å²) in [4.78, 5) is 0. The molecule has 0 aliphatic carbocycles. The van der Waals surface area contributed by atoms with Gasteiger partial charge in [0.05, 0.1) is 28.6 Å². The summed E-state index contributed by atoms with van der Waals surface area (Å²) in [5.74, 6) is 0.0929.